The van der Waals surface area contributed by atoms with Crippen LogP contribution in [0.1, 0.15) is 5.56 Å². The van der Waals surface area contributed by atoms with Gasteiger partial charge in [-0.3, -0.25) is 0 Å². The second-order valence-electron chi connectivity index (χ2n) is 4.24. The summed E-state index contributed by atoms with van der Waals surface area (Å²) in [5, 5.41) is 4.00. The second kappa shape index (κ2) is 5.16. The Kier molecular flexibility index (Phi) is 3.19. The van der Waals surface area contributed by atoms with Gasteiger partial charge in [-0.1, -0.05) is 6.07 Å². The number of nitrogen functional groups attached to an aromatic ring is 1. The average molecular weight is 286 g/mol. The highest BCUT2D eigenvalue weighted by Crippen LogP contribution is 2.24. The topological polar surface area (TPSA) is 91.7 Å². The van der Waals surface area contributed by atoms with Crippen molar-refractivity contribution in [1.29, 1.82) is 0 Å². The quantitative estimate of drug-likeness (QED) is 0.790. The maximum atomic E-state index is 13.3. The first-order valence-corrected chi connectivity index (χ1v) is 6.07. The summed E-state index contributed by atoms with van der Waals surface area (Å²) in [6.45, 7) is 1.79. The minimum Gasteiger partial charge on any atom is -0.424 e. The van der Waals surface area contributed by atoms with Gasteiger partial charge in [-0.25, -0.2) is 9.07 Å². The molecule has 0 bridgehead atoms. The monoisotopic (exact) mass is 286 g/mol. The fourth-order valence-corrected chi connectivity index (χ4v) is 1.68. The predicted octanol–water partition coefficient (Wildman–Crippen LogP) is 1.88. The van der Waals surface area contributed by atoms with E-state index < -0.39 is 5.82 Å². The highest BCUT2D eigenvalue weighted by Gasteiger charge is 2.10. The first-order valence-electron chi connectivity index (χ1n) is 6.07. The van der Waals surface area contributed by atoms with E-state index in [-0.39, 0.29) is 17.9 Å². The third-order valence-corrected chi connectivity index (χ3v) is 2.68. The second-order valence-corrected chi connectivity index (χ2v) is 4.24. The Balaban J connectivity index is 1.97. The summed E-state index contributed by atoms with van der Waals surface area (Å²) in [6, 6.07) is 5.89. The van der Waals surface area contributed by atoms with E-state index in [1.807, 2.05) is 0 Å². The number of aromatic nitrogens is 5. The molecule has 0 amide bonds. The van der Waals surface area contributed by atoms with Gasteiger partial charge in [0.25, 0.3) is 5.95 Å². The van der Waals surface area contributed by atoms with Gasteiger partial charge in [0.15, 0.2) is 0 Å². The Morgan fingerprint density at radius 1 is 1.24 bits per heavy atom. The van der Waals surface area contributed by atoms with Crippen molar-refractivity contribution in [3.63, 3.8) is 0 Å². The molecule has 106 valence electrons. The smallest absolute Gasteiger partial charge is 0.328 e. The maximum Gasteiger partial charge on any atom is 0.328 e. The van der Waals surface area contributed by atoms with E-state index >= 15 is 0 Å². The van der Waals surface area contributed by atoms with Gasteiger partial charge in [0, 0.05) is 18.5 Å². The van der Waals surface area contributed by atoms with Crippen LogP contribution in [0.25, 0.3) is 5.95 Å². The minimum absolute atomic E-state index is 0.0143. The Morgan fingerprint density at radius 3 is 2.86 bits per heavy atom. The summed E-state index contributed by atoms with van der Waals surface area (Å²) < 4.78 is 20.2. The molecule has 7 nitrogen and oxygen atoms in total. The third kappa shape index (κ3) is 2.78. The van der Waals surface area contributed by atoms with Crippen molar-refractivity contribution in [2.75, 3.05) is 5.73 Å². The molecular weight excluding hydrogens is 275 g/mol. The van der Waals surface area contributed by atoms with Crippen molar-refractivity contribution in [3.05, 3.63) is 48.0 Å². The number of rotatable bonds is 3. The summed E-state index contributed by atoms with van der Waals surface area (Å²) >= 11 is 0. The molecule has 0 radical (unpaired) electrons. The van der Waals surface area contributed by atoms with Crippen LogP contribution in [-0.4, -0.2) is 24.7 Å². The van der Waals surface area contributed by atoms with Gasteiger partial charge in [0.2, 0.25) is 5.95 Å². The largest absolute Gasteiger partial charge is 0.424 e. The maximum absolute atomic E-state index is 13.3. The molecule has 21 heavy (non-hydrogen) atoms. The molecular formula is C13H11FN6O. The summed E-state index contributed by atoms with van der Waals surface area (Å²) in [7, 11) is 0. The molecule has 8 heteroatoms. The molecule has 0 aliphatic rings. The highest BCUT2D eigenvalue weighted by atomic mass is 19.1. The van der Waals surface area contributed by atoms with E-state index in [0.29, 0.717) is 5.75 Å². The summed E-state index contributed by atoms with van der Waals surface area (Å²) in [6.07, 6.45) is 3.24. The van der Waals surface area contributed by atoms with E-state index in [1.54, 1.807) is 31.5 Å². The van der Waals surface area contributed by atoms with Gasteiger partial charge in [-0.15, -0.1) is 0 Å². The number of ether oxygens (including phenoxy) is 1. The molecule has 0 spiro atoms. The highest BCUT2D eigenvalue weighted by molar-refractivity contribution is 5.35. The predicted molar refractivity (Wildman–Crippen MR) is 72.6 cm³/mol. The van der Waals surface area contributed by atoms with Crippen LogP contribution in [0.3, 0.4) is 0 Å². The molecule has 0 fully saturated rings. The van der Waals surface area contributed by atoms with E-state index in [2.05, 4.69) is 20.1 Å². The Hall–Kier alpha value is -3.03. The molecule has 0 aliphatic carbocycles. The lowest BCUT2D eigenvalue weighted by molar-refractivity contribution is 0.431. The molecule has 3 rings (SSSR count). The van der Waals surface area contributed by atoms with Crippen molar-refractivity contribution >= 4 is 5.95 Å². The molecule has 2 heterocycles. The van der Waals surface area contributed by atoms with Crippen molar-refractivity contribution in [2.45, 2.75) is 6.92 Å². The molecule has 1 aromatic carbocycles. The molecule has 0 unspecified atom stereocenters. The summed E-state index contributed by atoms with van der Waals surface area (Å²) in [5.74, 6) is 0.105. The molecule has 0 saturated carbocycles. The number of nitrogens with two attached hydrogens (primary N) is 1. The number of benzene rings is 1. The van der Waals surface area contributed by atoms with Crippen molar-refractivity contribution in [2.24, 2.45) is 0 Å². The van der Waals surface area contributed by atoms with Gasteiger partial charge in [-0.2, -0.15) is 20.1 Å². The van der Waals surface area contributed by atoms with Crippen LogP contribution < -0.4 is 10.5 Å². The lowest BCUT2D eigenvalue weighted by Gasteiger charge is -2.08. The van der Waals surface area contributed by atoms with E-state index in [9.17, 15) is 4.39 Å². The van der Waals surface area contributed by atoms with E-state index in [1.165, 1.54) is 16.8 Å². The van der Waals surface area contributed by atoms with Gasteiger partial charge < -0.3 is 10.5 Å². The molecule has 3 aromatic rings. The Labute approximate surface area is 119 Å². The van der Waals surface area contributed by atoms with Crippen LogP contribution in [0.15, 0.2) is 36.7 Å². The summed E-state index contributed by atoms with van der Waals surface area (Å²) in [5.41, 5.74) is 6.38. The number of halogens is 1. The van der Waals surface area contributed by atoms with Crippen LogP contribution in [0.5, 0.6) is 11.8 Å². The van der Waals surface area contributed by atoms with Crippen molar-refractivity contribution in [1.82, 2.24) is 24.7 Å². The van der Waals surface area contributed by atoms with Crippen LogP contribution in [-0.2, 0) is 0 Å². The molecule has 0 saturated heterocycles. The van der Waals surface area contributed by atoms with E-state index in [4.69, 9.17) is 10.5 Å². The number of aryl methyl sites for hydroxylation is 1. The Bertz CT molecular complexity index is 774. The first-order chi connectivity index (χ1) is 10.1. The summed E-state index contributed by atoms with van der Waals surface area (Å²) in [4.78, 5) is 11.9. The lowest BCUT2D eigenvalue weighted by atomic mass is 10.2. The normalized spacial score (nSPS) is 10.6. The zero-order valence-electron chi connectivity index (χ0n) is 11.1. The Morgan fingerprint density at radius 2 is 2.10 bits per heavy atom. The number of anilines is 1. The molecule has 2 N–H and O–H groups in total. The fourth-order valence-electron chi connectivity index (χ4n) is 1.68. The average Bonchev–Trinajstić information content (AvgIpc) is 2.96. The van der Waals surface area contributed by atoms with Crippen molar-refractivity contribution in [3.8, 4) is 17.7 Å². The number of hydrogen-bond donors (Lipinski definition) is 1. The van der Waals surface area contributed by atoms with Gasteiger partial charge >= 0.3 is 6.01 Å². The number of nitrogens with zero attached hydrogens (tertiary/aromatic N) is 5. The van der Waals surface area contributed by atoms with Crippen LogP contribution in [0.4, 0.5) is 10.3 Å². The fraction of sp³-hybridized carbons (Fsp3) is 0.0769. The number of hydrogen-bond acceptors (Lipinski definition) is 6. The van der Waals surface area contributed by atoms with Gasteiger partial charge in [0.05, 0.1) is 0 Å². The standard InChI is InChI=1S/C13H11FN6O/c1-8-3-4-9(14)7-10(8)21-13-18-11(15)17-12(19-13)20-6-2-5-16-20/h2-7H,1H3,(H2,15,17,18,19). The van der Waals surface area contributed by atoms with Crippen LogP contribution in [0.2, 0.25) is 0 Å². The SMILES string of the molecule is Cc1ccc(F)cc1Oc1nc(N)nc(-n2cccn2)n1. The lowest BCUT2D eigenvalue weighted by Crippen LogP contribution is -2.08. The van der Waals surface area contributed by atoms with Crippen molar-refractivity contribution < 1.29 is 9.13 Å². The minimum atomic E-state index is -0.412. The van der Waals surface area contributed by atoms with Crippen LogP contribution in [0, 0.1) is 12.7 Å². The molecule has 2 aromatic heterocycles. The zero-order chi connectivity index (χ0) is 14.8. The first kappa shape index (κ1) is 13.0. The van der Waals surface area contributed by atoms with Gasteiger partial charge in [0.1, 0.15) is 11.6 Å². The van der Waals surface area contributed by atoms with Gasteiger partial charge in [-0.05, 0) is 24.6 Å². The third-order valence-electron chi connectivity index (χ3n) is 2.68. The van der Waals surface area contributed by atoms with E-state index in [0.717, 1.165) is 5.56 Å². The zero-order valence-corrected chi connectivity index (χ0v) is 11.1. The molecule has 0 aliphatic heterocycles. The van der Waals surface area contributed by atoms with Crippen LogP contribution >= 0.6 is 0 Å². The molecule has 0 atom stereocenters.